The number of alkyl halides is 3. The van der Waals surface area contributed by atoms with Crippen molar-refractivity contribution in [2.45, 2.75) is 46.0 Å². The number of aromatic nitrogens is 2. The van der Waals surface area contributed by atoms with Gasteiger partial charge in [-0.05, 0) is 74.2 Å². The van der Waals surface area contributed by atoms with Gasteiger partial charge in [-0.15, -0.1) is 0 Å². The molecule has 1 aliphatic rings. The van der Waals surface area contributed by atoms with Crippen LogP contribution in [-0.2, 0) is 29.4 Å². The number of anilines is 1. The van der Waals surface area contributed by atoms with Gasteiger partial charge < -0.3 is 14.2 Å². The Labute approximate surface area is 248 Å². The van der Waals surface area contributed by atoms with E-state index in [-0.39, 0.29) is 13.0 Å². The Balaban J connectivity index is 1.49. The Hall–Kier alpha value is -4.09. The minimum absolute atomic E-state index is 0.103. The number of nitrogens with zero attached hydrogens (tertiary/aromatic N) is 3. The monoisotopic (exact) mass is 611 g/mol. The zero-order chi connectivity index (χ0) is 30.8. The molecular weight excluding hydrogens is 579 g/mol. The quantitative estimate of drug-likeness (QED) is 0.113. The van der Waals surface area contributed by atoms with Crippen molar-refractivity contribution in [3.05, 3.63) is 96.2 Å². The van der Waals surface area contributed by atoms with Crippen LogP contribution >= 0.6 is 0 Å². The second kappa shape index (κ2) is 12.3. The van der Waals surface area contributed by atoms with Crippen LogP contribution in [-0.4, -0.2) is 29.8 Å². The highest BCUT2D eigenvalue weighted by atomic mass is 32.2. The second-order valence-electron chi connectivity index (χ2n) is 10.2. The van der Waals surface area contributed by atoms with Gasteiger partial charge in [-0.1, -0.05) is 36.4 Å². The highest BCUT2D eigenvalue weighted by Crippen LogP contribution is 2.41. The van der Waals surface area contributed by atoms with Crippen LogP contribution in [0.25, 0.3) is 28.2 Å². The summed E-state index contributed by atoms with van der Waals surface area (Å²) >= 11 is 0. The molecule has 0 atom stereocenters. The molecule has 4 aromatic rings. The zero-order valence-electron chi connectivity index (χ0n) is 23.8. The van der Waals surface area contributed by atoms with Gasteiger partial charge in [-0.3, -0.25) is 0 Å². The number of hydrogen-bond acceptors (Lipinski definition) is 5. The Morgan fingerprint density at radius 2 is 1.74 bits per heavy atom. The summed E-state index contributed by atoms with van der Waals surface area (Å²) in [5.41, 5.74) is 3.32. The molecule has 0 saturated carbocycles. The molecule has 7 nitrogen and oxygen atoms in total. The summed E-state index contributed by atoms with van der Waals surface area (Å²) in [4.78, 5) is 2.05. The first-order valence-corrected chi connectivity index (χ1v) is 15.7. The van der Waals surface area contributed by atoms with Crippen LogP contribution in [0, 0.1) is 0 Å². The first-order valence-electron chi connectivity index (χ1n) is 14.1. The summed E-state index contributed by atoms with van der Waals surface area (Å²) in [6, 6.07) is 19.7. The summed E-state index contributed by atoms with van der Waals surface area (Å²) in [6.45, 7) is 5.31. The molecule has 0 saturated heterocycles. The molecular formula is C32H32F3N3O4S. The van der Waals surface area contributed by atoms with Crippen molar-refractivity contribution < 1.29 is 35.4 Å². The molecule has 0 aliphatic carbocycles. The number of aryl methyl sites for hydroxylation is 2. The van der Waals surface area contributed by atoms with E-state index in [1.54, 1.807) is 10.6 Å². The maximum atomic E-state index is 13.6. The third-order valence-corrected chi connectivity index (χ3v) is 8.21. The predicted molar refractivity (Wildman–Crippen MR) is 159 cm³/mol. The molecule has 0 bridgehead atoms. The van der Waals surface area contributed by atoms with Crippen LogP contribution in [0.3, 0.4) is 0 Å². The third kappa shape index (κ3) is 6.62. The van der Waals surface area contributed by atoms with Gasteiger partial charge in [-0.25, -0.2) is 17.6 Å². The topological polar surface area (TPSA) is 78.5 Å². The van der Waals surface area contributed by atoms with E-state index in [0.717, 1.165) is 34.7 Å². The van der Waals surface area contributed by atoms with Gasteiger partial charge in [0.25, 0.3) is 5.82 Å². The average molecular weight is 612 g/mol. The largest absolute Gasteiger partial charge is 0.748 e. The molecule has 0 fully saturated rings. The van der Waals surface area contributed by atoms with Crippen molar-refractivity contribution in [1.82, 2.24) is 4.57 Å². The van der Waals surface area contributed by atoms with E-state index in [1.807, 2.05) is 73.0 Å². The Bertz CT molecular complexity index is 1800. The molecule has 3 aromatic carbocycles. The van der Waals surface area contributed by atoms with Crippen LogP contribution in [0.2, 0.25) is 0 Å². The van der Waals surface area contributed by atoms with Crippen molar-refractivity contribution in [2.75, 3.05) is 17.2 Å². The Morgan fingerprint density at radius 1 is 0.977 bits per heavy atom. The fraction of sp³-hybridized carbons (Fsp3) is 0.281. The number of unbranched alkanes of at least 4 members (excludes halogenated alkanes) is 1. The van der Waals surface area contributed by atoms with Crippen molar-refractivity contribution in [3.8, 4) is 16.9 Å². The van der Waals surface area contributed by atoms with Crippen LogP contribution in [0.5, 0.6) is 5.75 Å². The maximum absolute atomic E-state index is 13.6. The molecule has 0 unspecified atom stereocenters. The lowest BCUT2D eigenvalue weighted by molar-refractivity contribution is -0.670. The standard InChI is InChI=1S/C32H32F3N3O4S/c1-3-36-26-17-16-25(32(33,34)35)22-27(26)38(19-8-9-20-43(39,40)41)30(36)13-10-14-31-37(4-2)28-21-24(15-18-29(28)42-31)23-11-6-5-7-12-23/h5-7,10-18,21-22H,3-4,8-9,19-20H2,1-2H3. The minimum Gasteiger partial charge on any atom is -0.748 e. The molecule has 11 heteroatoms. The summed E-state index contributed by atoms with van der Waals surface area (Å²) in [7, 11) is -4.38. The molecule has 0 radical (unpaired) electrons. The SMILES string of the molecule is CCN1/C(=C\C=C\c2n(CCCCS(=O)(=O)[O-])c3cc(C(F)(F)F)ccc3[n+]2CC)Oc2ccc(-c3ccccc3)cc21. The van der Waals surface area contributed by atoms with E-state index < -0.39 is 27.6 Å². The first-order chi connectivity index (χ1) is 20.5. The van der Waals surface area contributed by atoms with E-state index in [2.05, 4.69) is 11.0 Å². The first kappa shape index (κ1) is 30.4. The van der Waals surface area contributed by atoms with Crippen LogP contribution < -0.4 is 14.2 Å². The predicted octanol–water partition coefficient (Wildman–Crippen LogP) is 6.73. The smallest absolute Gasteiger partial charge is 0.416 e. The van der Waals surface area contributed by atoms with Crippen molar-refractivity contribution in [2.24, 2.45) is 0 Å². The number of fused-ring (bicyclic) bond motifs is 2. The van der Waals surface area contributed by atoms with E-state index in [1.165, 1.54) is 6.07 Å². The average Bonchev–Trinajstić information content (AvgIpc) is 3.48. The van der Waals surface area contributed by atoms with Gasteiger partial charge in [-0.2, -0.15) is 13.2 Å². The van der Waals surface area contributed by atoms with Gasteiger partial charge in [0.05, 0.1) is 34.5 Å². The minimum atomic E-state index is -4.52. The van der Waals surface area contributed by atoms with Gasteiger partial charge in [0, 0.05) is 24.4 Å². The number of hydrogen-bond donors (Lipinski definition) is 0. The molecule has 226 valence electrons. The maximum Gasteiger partial charge on any atom is 0.416 e. The Morgan fingerprint density at radius 3 is 2.42 bits per heavy atom. The highest BCUT2D eigenvalue weighted by Gasteiger charge is 2.33. The van der Waals surface area contributed by atoms with Crippen molar-refractivity contribution in [3.63, 3.8) is 0 Å². The summed E-state index contributed by atoms with van der Waals surface area (Å²) in [6.07, 6.45) is 1.32. The summed E-state index contributed by atoms with van der Waals surface area (Å²) < 4.78 is 83.9. The van der Waals surface area contributed by atoms with Crippen LogP contribution in [0.1, 0.15) is 38.1 Å². The molecule has 0 spiro atoms. The van der Waals surface area contributed by atoms with Gasteiger partial charge in [0.2, 0.25) is 5.88 Å². The molecule has 0 N–H and O–H groups in total. The molecule has 1 aliphatic heterocycles. The summed E-state index contributed by atoms with van der Waals surface area (Å²) in [5, 5.41) is 0. The van der Waals surface area contributed by atoms with Crippen molar-refractivity contribution >= 4 is 32.9 Å². The third-order valence-electron chi connectivity index (χ3n) is 7.42. The summed E-state index contributed by atoms with van der Waals surface area (Å²) in [5.74, 6) is 1.46. The molecule has 43 heavy (non-hydrogen) atoms. The van der Waals surface area contributed by atoms with Crippen LogP contribution in [0.15, 0.2) is 84.8 Å². The number of halogens is 3. The number of imidazole rings is 1. The number of rotatable bonds is 10. The number of allylic oxidation sites excluding steroid dienone is 2. The lowest BCUT2D eigenvalue weighted by Crippen LogP contribution is -2.35. The second-order valence-corrected chi connectivity index (χ2v) is 11.7. The lowest BCUT2D eigenvalue weighted by Gasteiger charge is -2.15. The number of ether oxygens (including phenoxy) is 1. The molecule has 1 aromatic heterocycles. The fourth-order valence-electron chi connectivity index (χ4n) is 5.41. The van der Waals surface area contributed by atoms with E-state index >= 15 is 0 Å². The normalized spacial score (nSPS) is 14.7. The van der Waals surface area contributed by atoms with E-state index in [4.69, 9.17) is 4.74 Å². The zero-order valence-corrected chi connectivity index (χ0v) is 24.7. The van der Waals surface area contributed by atoms with Gasteiger partial charge in [0.1, 0.15) is 0 Å². The van der Waals surface area contributed by atoms with Crippen LogP contribution in [0.4, 0.5) is 18.9 Å². The number of benzene rings is 3. The van der Waals surface area contributed by atoms with Gasteiger partial charge in [0.15, 0.2) is 16.8 Å². The van der Waals surface area contributed by atoms with E-state index in [9.17, 15) is 26.1 Å². The lowest BCUT2D eigenvalue weighted by atomic mass is 10.0. The molecule has 0 amide bonds. The molecule has 2 heterocycles. The highest BCUT2D eigenvalue weighted by molar-refractivity contribution is 7.85. The Kier molecular flexibility index (Phi) is 8.66. The van der Waals surface area contributed by atoms with E-state index in [0.29, 0.717) is 42.3 Å². The van der Waals surface area contributed by atoms with Crippen molar-refractivity contribution in [1.29, 1.82) is 0 Å². The fourth-order valence-corrected chi connectivity index (χ4v) is 5.97. The molecule has 5 rings (SSSR count). The van der Waals surface area contributed by atoms with Gasteiger partial charge >= 0.3 is 6.18 Å².